The van der Waals surface area contributed by atoms with Crippen molar-refractivity contribution in [3.63, 3.8) is 0 Å². The minimum Gasteiger partial charge on any atom is -0.493 e. The van der Waals surface area contributed by atoms with Crippen LogP contribution in [-0.2, 0) is 11.8 Å². The Kier molecular flexibility index (Phi) is 4.89. The minimum absolute atomic E-state index is 0.681. The van der Waals surface area contributed by atoms with Crippen LogP contribution in [0.1, 0.15) is 10.4 Å². The highest BCUT2D eigenvalue weighted by Gasteiger charge is 2.06. The highest BCUT2D eigenvalue weighted by atomic mass is 79.9. The predicted molar refractivity (Wildman–Crippen MR) is 77.6 cm³/mol. The maximum atomic E-state index is 6.10. The Morgan fingerprint density at radius 2 is 2.12 bits per heavy atom. The highest BCUT2D eigenvalue weighted by Crippen LogP contribution is 2.28. The SMILES string of the molecule is Clc1cccc(OCCc2cccs2)c1CBr. The first-order valence-electron chi connectivity index (χ1n) is 5.30. The second-order valence-corrected chi connectivity index (χ2v) is 5.53. The molecule has 0 saturated carbocycles. The van der Waals surface area contributed by atoms with Crippen molar-refractivity contribution in [2.75, 3.05) is 6.61 Å². The van der Waals surface area contributed by atoms with E-state index in [0.717, 1.165) is 22.8 Å². The Morgan fingerprint density at radius 3 is 2.82 bits per heavy atom. The fourth-order valence-corrected chi connectivity index (χ4v) is 3.18. The number of hydrogen-bond donors (Lipinski definition) is 0. The Bertz CT molecular complexity index is 470. The van der Waals surface area contributed by atoms with E-state index >= 15 is 0 Å². The predicted octanol–water partition coefficient (Wildman–Crippen LogP) is 4.92. The van der Waals surface area contributed by atoms with Crippen LogP contribution in [0, 0.1) is 0 Å². The summed E-state index contributed by atoms with van der Waals surface area (Å²) in [6.07, 6.45) is 0.936. The lowest BCUT2D eigenvalue weighted by Gasteiger charge is -2.10. The lowest BCUT2D eigenvalue weighted by molar-refractivity contribution is 0.320. The molecule has 0 N–H and O–H groups in total. The monoisotopic (exact) mass is 330 g/mol. The number of alkyl halides is 1. The first kappa shape index (κ1) is 12.9. The molecule has 1 nitrogen and oxygen atoms in total. The first-order chi connectivity index (χ1) is 8.31. The van der Waals surface area contributed by atoms with Crippen molar-refractivity contribution >= 4 is 38.9 Å². The topological polar surface area (TPSA) is 9.23 Å². The smallest absolute Gasteiger partial charge is 0.124 e. The van der Waals surface area contributed by atoms with E-state index < -0.39 is 0 Å². The summed E-state index contributed by atoms with van der Waals surface area (Å²) in [5, 5.41) is 3.54. The molecule has 0 amide bonds. The maximum absolute atomic E-state index is 6.10. The van der Waals surface area contributed by atoms with E-state index in [1.807, 2.05) is 18.2 Å². The molecular formula is C13H12BrClOS. The van der Waals surface area contributed by atoms with Crippen LogP contribution in [0.25, 0.3) is 0 Å². The van der Waals surface area contributed by atoms with E-state index in [1.54, 1.807) is 11.3 Å². The van der Waals surface area contributed by atoms with Gasteiger partial charge in [0.15, 0.2) is 0 Å². The molecule has 0 saturated heterocycles. The van der Waals surface area contributed by atoms with Crippen LogP contribution in [0.5, 0.6) is 5.75 Å². The summed E-state index contributed by atoms with van der Waals surface area (Å²) in [7, 11) is 0. The van der Waals surface area contributed by atoms with Crippen LogP contribution in [0.2, 0.25) is 5.02 Å². The van der Waals surface area contributed by atoms with Gasteiger partial charge in [0.2, 0.25) is 0 Å². The molecule has 0 atom stereocenters. The number of thiophene rings is 1. The zero-order valence-electron chi connectivity index (χ0n) is 9.16. The normalized spacial score (nSPS) is 10.5. The number of rotatable bonds is 5. The molecule has 1 aromatic carbocycles. The van der Waals surface area contributed by atoms with Crippen molar-refractivity contribution < 1.29 is 4.74 Å². The molecule has 0 spiro atoms. The van der Waals surface area contributed by atoms with Crippen molar-refractivity contribution in [3.05, 3.63) is 51.2 Å². The fraction of sp³-hybridized carbons (Fsp3) is 0.231. The lowest BCUT2D eigenvalue weighted by Crippen LogP contribution is -2.02. The van der Waals surface area contributed by atoms with Gasteiger partial charge in [0.25, 0.3) is 0 Å². The van der Waals surface area contributed by atoms with E-state index in [2.05, 4.69) is 33.4 Å². The Morgan fingerprint density at radius 1 is 1.24 bits per heavy atom. The van der Waals surface area contributed by atoms with Gasteiger partial charge in [-0.15, -0.1) is 11.3 Å². The van der Waals surface area contributed by atoms with Crippen molar-refractivity contribution in [1.82, 2.24) is 0 Å². The third-order valence-corrected chi connectivity index (χ3v) is 4.25. The van der Waals surface area contributed by atoms with Crippen LogP contribution >= 0.6 is 38.9 Å². The van der Waals surface area contributed by atoms with E-state index in [9.17, 15) is 0 Å². The van der Waals surface area contributed by atoms with Gasteiger partial charge in [-0.3, -0.25) is 0 Å². The van der Waals surface area contributed by atoms with Crippen LogP contribution < -0.4 is 4.74 Å². The molecule has 0 aliphatic carbocycles. The summed E-state index contributed by atoms with van der Waals surface area (Å²) in [5.41, 5.74) is 1.01. The molecule has 1 heterocycles. The summed E-state index contributed by atoms with van der Waals surface area (Å²) in [4.78, 5) is 1.34. The largest absolute Gasteiger partial charge is 0.493 e. The van der Waals surface area contributed by atoms with E-state index in [0.29, 0.717) is 11.9 Å². The van der Waals surface area contributed by atoms with Crippen LogP contribution in [0.4, 0.5) is 0 Å². The first-order valence-corrected chi connectivity index (χ1v) is 7.67. The molecule has 4 heteroatoms. The summed E-state index contributed by atoms with van der Waals surface area (Å²) in [6, 6.07) is 9.93. The van der Waals surface area contributed by atoms with Gasteiger partial charge in [-0.2, -0.15) is 0 Å². The van der Waals surface area contributed by atoms with Gasteiger partial charge in [-0.05, 0) is 23.6 Å². The molecule has 90 valence electrons. The third-order valence-electron chi connectivity index (χ3n) is 2.40. The van der Waals surface area contributed by atoms with Crippen LogP contribution in [0.15, 0.2) is 35.7 Å². The van der Waals surface area contributed by atoms with Gasteiger partial charge in [0.1, 0.15) is 5.75 Å². The molecule has 0 radical (unpaired) electrons. The van der Waals surface area contributed by atoms with Crippen molar-refractivity contribution in [2.45, 2.75) is 11.8 Å². The molecule has 0 fully saturated rings. The van der Waals surface area contributed by atoms with Gasteiger partial charge >= 0.3 is 0 Å². The summed E-state index contributed by atoms with van der Waals surface area (Å²) >= 11 is 11.3. The second-order valence-electron chi connectivity index (χ2n) is 3.53. The number of halogens is 2. The van der Waals surface area contributed by atoms with Crippen molar-refractivity contribution in [3.8, 4) is 5.75 Å². The van der Waals surface area contributed by atoms with Gasteiger partial charge in [0, 0.05) is 27.2 Å². The van der Waals surface area contributed by atoms with Crippen molar-refractivity contribution in [2.24, 2.45) is 0 Å². The molecule has 2 rings (SSSR count). The van der Waals surface area contributed by atoms with Gasteiger partial charge < -0.3 is 4.74 Å². The number of benzene rings is 1. The summed E-state index contributed by atoms with van der Waals surface area (Å²) in [5.74, 6) is 0.867. The molecule has 2 aromatic rings. The zero-order chi connectivity index (χ0) is 12.1. The average molecular weight is 332 g/mol. The third kappa shape index (κ3) is 3.47. The number of hydrogen-bond acceptors (Lipinski definition) is 2. The van der Waals surface area contributed by atoms with Gasteiger partial charge in [0.05, 0.1) is 6.61 Å². The molecular weight excluding hydrogens is 320 g/mol. The highest BCUT2D eigenvalue weighted by molar-refractivity contribution is 9.08. The standard InChI is InChI=1S/C13H12BrClOS/c14-9-11-12(15)4-1-5-13(11)16-7-6-10-3-2-8-17-10/h1-5,8H,6-7,9H2. The van der Waals surface area contributed by atoms with Gasteiger partial charge in [-0.25, -0.2) is 0 Å². The minimum atomic E-state index is 0.681. The molecule has 0 unspecified atom stereocenters. The average Bonchev–Trinajstić information content (AvgIpc) is 2.82. The number of ether oxygens (including phenoxy) is 1. The van der Waals surface area contributed by atoms with Crippen LogP contribution in [0.3, 0.4) is 0 Å². The van der Waals surface area contributed by atoms with Crippen molar-refractivity contribution in [1.29, 1.82) is 0 Å². The molecule has 0 aliphatic heterocycles. The quantitative estimate of drug-likeness (QED) is 0.707. The second kappa shape index (κ2) is 6.43. The molecule has 0 bridgehead atoms. The maximum Gasteiger partial charge on any atom is 0.124 e. The van der Waals surface area contributed by atoms with Crippen LogP contribution in [-0.4, -0.2) is 6.61 Å². The van der Waals surface area contributed by atoms with E-state index in [4.69, 9.17) is 16.3 Å². The van der Waals surface area contributed by atoms with Gasteiger partial charge in [-0.1, -0.05) is 39.7 Å². The van der Waals surface area contributed by atoms with E-state index in [1.165, 1.54) is 4.88 Å². The van der Waals surface area contributed by atoms with E-state index in [-0.39, 0.29) is 0 Å². The molecule has 17 heavy (non-hydrogen) atoms. The lowest BCUT2D eigenvalue weighted by atomic mass is 10.2. The zero-order valence-corrected chi connectivity index (χ0v) is 12.3. The Labute approximate surface area is 119 Å². The Hall–Kier alpha value is -0.510. The molecule has 1 aromatic heterocycles. The summed E-state index contributed by atoms with van der Waals surface area (Å²) < 4.78 is 5.77. The summed E-state index contributed by atoms with van der Waals surface area (Å²) in [6.45, 7) is 0.681. The fourth-order valence-electron chi connectivity index (χ4n) is 1.52. The Balaban J connectivity index is 1.97. The molecule has 0 aliphatic rings.